The lowest BCUT2D eigenvalue weighted by Gasteiger charge is -2.64. The van der Waals surface area contributed by atoms with E-state index in [1.165, 1.54) is 0 Å². The van der Waals surface area contributed by atoms with Crippen molar-refractivity contribution in [3.05, 3.63) is 0 Å². The number of aliphatic hydroxyl groups is 6. The number of aliphatic hydroxyl groups excluding tert-OH is 5. The first-order valence-corrected chi connectivity index (χ1v) is 17.6. The Balaban J connectivity index is 1.11. The Hall–Kier alpha value is -0.400. The molecular formula is C35H56O10. The van der Waals surface area contributed by atoms with E-state index in [0.29, 0.717) is 25.4 Å². The molecule has 2 bridgehead atoms. The molecule has 8 rings (SSSR count). The van der Waals surface area contributed by atoms with Crippen LogP contribution < -0.4 is 0 Å². The predicted octanol–water partition coefficient (Wildman–Crippen LogP) is 2.24. The summed E-state index contributed by atoms with van der Waals surface area (Å²) in [5.74, 6) is -0.821. The molecule has 8 aliphatic rings. The minimum atomic E-state index is -1.31. The Kier molecular flexibility index (Phi) is 6.53. The minimum absolute atomic E-state index is 0.0654. The Morgan fingerprint density at radius 2 is 1.42 bits per heavy atom. The van der Waals surface area contributed by atoms with Crippen molar-refractivity contribution in [3.8, 4) is 0 Å². The Morgan fingerprint density at radius 3 is 2.13 bits per heavy atom. The summed E-state index contributed by atoms with van der Waals surface area (Å²) in [6.07, 6.45) is 1.20. The summed E-state index contributed by atoms with van der Waals surface area (Å²) in [7, 11) is 0. The van der Waals surface area contributed by atoms with Gasteiger partial charge < -0.3 is 49.6 Å². The molecule has 0 aromatic rings. The van der Waals surface area contributed by atoms with E-state index in [1.54, 1.807) is 13.8 Å². The van der Waals surface area contributed by atoms with Gasteiger partial charge in [-0.2, -0.15) is 0 Å². The van der Waals surface area contributed by atoms with Crippen LogP contribution in [0, 0.1) is 44.8 Å². The van der Waals surface area contributed by atoms with Crippen LogP contribution in [0.5, 0.6) is 0 Å². The van der Waals surface area contributed by atoms with Gasteiger partial charge in [-0.15, -0.1) is 0 Å². The molecule has 3 saturated heterocycles. The molecule has 3 heterocycles. The summed E-state index contributed by atoms with van der Waals surface area (Å²) in [4.78, 5) is 0. The molecule has 5 saturated carbocycles. The van der Waals surface area contributed by atoms with E-state index >= 15 is 0 Å². The lowest BCUT2D eigenvalue weighted by molar-refractivity contribution is -0.316. The highest BCUT2D eigenvalue weighted by molar-refractivity contribution is 5.34. The van der Waals surface area contributed by atoms with E-state index in [4.69, 9.17) is 18.9 Å². The van der Waals surface area contributed by atoms with Gasteiger partial charge in [-0.25, -0.2) is 0 Å². The van der Waals surface area contributed by atoms with E-state index in [-0.39, 0.29) is 40.8 Å². The van der Waals surface area contributed by atoms with Crippen molar-refractivity contribution < 1.29 is 49.6 Å². The van der Waals surface area contributed by atoms with Crippen molar-refractivity contribution in [2.24, 2.45) is 44.8 Å². The van der Waals surface area contributed by atoms with Gasteiger partial charge >= 0.3 is 0 Å². The van der Waals surface area contributed by atoms with Gasteiger partial charge in [0.1, 0.15) is 23.9 Å². The lowest BCUT2D eigenvalue weighted by Crippen LogP contribution is -2.63. The highest BCUT2D eigenvalue weighted by atomic mass is 16.7. The summed E-state index contributed by atoms with van der Waals surface area (Å²) < 4.78 is 25.6. The standard InChI is InChI=1S/C35H56O10/c1-28(2)19-7-8-20-31(6)26(40)24(39)25-30(5)11-14-35(45-30,29(3,4)41)43-17-34(25,31)13-12-33(20)16-32(19,33)10-9-21(28)44-27-23(38)22(37)18(36)15-42-27/h18-27,36-41H,7-17H2,1-6H3. The zero-order valence-electron chi connectivity index (χ0n) is 27.9. The zero-order chi connectivity index (χ0) is 32.4. The van der Waals surface area contributed by atoms with E-state index in [1.807, 2.05) is 0 Å². The van der Waals surface area contributed by atoms with E-state index < -0.39 is 64.6 Å². The Bertz CT molecular complexity index is 1240. The second-order valence-corrected chi connectivity index (χ2v) is 18.3. The van der Waals surface area contributed by atoms with Crippen molar-refractivity contribution in [1.29, 1.82) is 0 Å². The van der Waals surface area contributed by atoms with Crippen LogP contribution >= 0.6 is 0 Å². The van der Waals surface area contributed by atoms with Gasteiger partial charge in [-0.1, -0.05) is 20.8 Å². The van der Waals surface area contributed by atoms with Gasteiger partial charge in [0.2, 0.25) is 0 Å². The topological polar surface area (TPSA) is 158 Å². The van der Waals surface area contributed by atoms with Gasteiger partial charge in [0.25, 0.3) is 0 Å². The van der Waals surface area contributed by atoms with E-state index in [2.05, 4.69) is 27.7 Å². The number of hydrogen-bond donors (Lipinski definition) is 6. The average molecular weight is 637 g/mol. The van der Waals surface area contributed by atoms with E-state index in [9.17, 15) is 30.6 Å². The zero-order valence-corrected chi connectivity index (χ0v) is 27.9. The molecular weight excluding hydrogens is 580 g/mol. The molecule has 16 unspecified atom stereocenters. The molecule has 0 radical (unpaired) electrons. The van der Waals surface area contributed by atoms with E-state index in [0.717, 1.165) is 44.9 Å². The molecule has 0 aromatic carbocycles. The third-order valence-corrected chi connectivity index (χ3v) is 16.1. The van der Waals surface area contributed by atoms with Crippen LogP contribution in [0.15, 0.2) is 0 Å². The largest absolute Gasteiger partial charge is 0.390 e. The number of ether oxygens (including phenoxy) is 4. The molecule has 45 heavy (non-hydrogen) atoms. The molecule has 10 nitrogen and oxygen atoms in total. The van der Waals surface area contributed by atoms with Gasteiger partial charge in [0.15, 0.2) is 12.1 Å². The molecule has 6 N–H and O–H groups in total. The minimum Gasteiger partial charge on any atom is -0.390 e. The maximum atomic E-state index is 12.2. The van der Waals surface area contributed by atoms with Crippen LogP contribution in [-0.4, -0.2) is 104 Å². The number of fused-ring (bicyclic) bond motifs is 4. The quantitative estimate of drug-likeness (QED) is 0.254. The van der Waals surface area contributed by atoms with Crippen LogP contribution in [0.4, 0.5) is 0 Å². The molecule has 256 valence electrons. The highest BCUT2D eigenvalue weighted by Crippen LogP contribution is 2.89. The van der Waals surface area contributed by atoms with Gasteiger partial charge in [0.05, 0.1) is 37.1 Å². The van der Waals surface area contributed by atoms with Crippen molar-refractivity contribution in [3.63, 3.8) is 0 Å². The van der Waals surface area contributed by atoms with Crippen LogP contribution in [0.1, 0.15) is 99.3 Å². The molecule has 8 fully saturated rings. The van der Waals surface area contributed by atoms with Crippen LogP contribution in [0.3, 0.4) is 0 Å². The summed E-state index contributed by atoms with van der Waals surface area (Å²) in [5, 5.41) is 66.2. The smallest absolute Gasteiger partial charge is 0.197 e. The predicted molar refractivity (Wildman–Crippen MR) is 160 cm³/mol. The molecule has 16 atom stereocenters. The monoisotopic (exact) mass is 636 g/mol. The summed E-state index contributed by atoms with van der Waals surface area (Å²) >= 11 is 0. The third kappa shape index (κ3) is 3.56. The highest BCUT2D eigenvalue weighted by Gasteiger charge is 2.87. The maximum Gasteiger partial charge on any atom is 0.197 e. The molecule has 3 spiro atoms. The van der Waals surface area contributed by atoms with Crippen molar-refractivity contribution >= 4 is 0 Å². The second kappa shape index (κ2) is 9.23. The SMILES string of the molecule is CC12CCC(C(C)(C)O)(OCC34CCC56CC57CCC(OC5OCC(O)C(O)C5O)C(C)(C)C7CCC6C3(C)C(O)C(O)C14)O2. The summed E-state index contributed by atoms with van der Waals surface area (Å²) in [6.45, 7) is 12.6. The Labute approximate surface area is 266 Å². The fraction of sp³-hybridized carbons (Fsp3) is 1.00. The summed E-state index contributed by atoms with van der Waals surface area (Å²) in [5.41, 5.74) is -3.01. The molecule has 5 aliphatic carbocycles. The lowest BCUT2D eigenvalue weighted by atomic mass is 9.41. The molecule has 0 amide bonds. The first-order valence-electron chi connectivity index (χ1n) is 17.6. The third-order valence-electron chi connectivity index (χ3n) is 16.1. The fourth-order valence-electron chi connectivity index (χ4n) is 13.9. The molecule has 3 aliphatic heterocycles. The van der Waals surface area contributed by atoms with Gasteiger partial charge in [-0.3, -0.25) is 0 Å². The second-order valence-electron chi connectivity index (χ2n) is 18.3. The van der Waals surface area contributed by atoms with Crippen LogP contribution in [-0.2, 0) is 18.9 Å². The Morgan fingerprint density at radius 1 is 0.756 bits per heavy atom. The first kappa shape index (κ1) is 31.8. The fourth-order valence-corrected chi connectivity index (χ4v) is 13.9. The van der Waals surface area contributed by atoms with Crippen molar-refractivity contribution in [1.82, 2.24) is 0 Å². The molecule has 0 aromatic heterocycles. The van der Waals surface area contributed by atoms with Crippen molar-refractivity contribution in [2.75, 3.05) is 13.2 Å². The van der Waals surface area contributed by atoms with Gasteiger partial charge in [-0.05, 0) is 100 Å². The summed E-state index contributed by atoms with van der Waals surface area (Å²) in [6, 6.07) is 0. The van der Waals surface area contributed by atoms with Crippen LogP contribution in [0.2, 0.25) is 0 Å². The van der Waals surface area contributed by atoms with Crippen molar-refractivity contribution in [2.45, 2.75) is 159 Å². The first-order chi connectivity index (χ1) is 20.9. The van der Waals surface area contributed by atoms with Gasteiger partial charge in [0, 0.05) is 23.2 Å². The number of rotatable bonds is 3. The van der Waals surface area contributed by atoms with Crippen LogP contribution in [0.25, 0.3) is 0 Å². The normalized spacial score (nSPS) is 61.3. The average Bonchev–Trinajstić information content (AvgIpc) is 3.47. The molecule has 10 heteroatoms. The number of hydrogen-bond acceptors (Lipinski definition) is 10. The maximum absolute atomic E-state index is 12.2.